The fraction of sp³-hybridized carbons (Fsp3) is 0.333. The number of furan rings is 1. The second kappa shape index (κ2) is 9.08. The van der Waals surface area contributed by atoms with Crippen molar-refractivity contribution < 1.29 is 31.9 Å². The van der Waals surface area contributed by atoms with E-state index in [9.17, 15) is 22.8 Å². The Bertz CT molecular complexity index is 1460. The predicted molar refractivity (Wildman–Crippen MR) is 125 cm³/mol. The van der Waals surface area contributed by atoms with Crippen LogP contribution in [0.4, 0.5) is 18.2 Å². The second-order valence-electron chi connectivity index (χ2n) is 8.53. The maximum atomic E-state index is 13.8. The number of nitrogens with zero attached hydrogens (tertiary/aromatic N) is 3. The molecule has 4 heterocycles. The van der Waals surface area contributed by atoms with Gasteiger partial charge in [-0.15, -0.1) is 11.3 Å². The van der Waals surface area contributed by atoms with Gasteiger partial charge in [-0.1, -0.05) is 6.92 Å². The number of fused-ring (bicyclic) bond motifs is 2. The number of alkyl halides is 3. The molecule has 1 aliphatic carbocycles. The number of amides is 1. The Hall–Kier alpha value is -3.67. The Morgan fingerprint density at radius 2 is 2.14 bits per heavy atom. The van der Waals surface area contributed by atoms with E-state index in [0.29, 0.717) is 27.4 Å². The number of thiophene rings is 1. The van der Waals surface area contributed by atoms with Gasteiger partial charge in [0.05, 0.1) is 18.4 Å². The van der Waals surface area contributed by atoms with E-state index in [1.807, 2.05) is 0 Å². The molecule has 0 radical (unpaired) electrons. The molecule has 188 valence electrons. The van der Waals surface area contributed by atoms with E-state index in [0.717, 1.165) is 35.4 Å². The molecule has 4 aromatic heterocycles. The van der Waals surface area contributed by atoms with Crippen molar-refractivity contribution in [3.8, 4) is 11.5 Å². The zero-order chi connectivity index (χ0) is 25.6. The molecule has 12 heteroatoms. The lowest BCUT2D eigenvalue weighted by Crippen LogP contribution is -2.17. The first kappa shape index (κ1) is 24.0. The third kappa shape index (κ3) is 4.36. The minimum atomic E-state index is -4.76. The summed E-state index contributed by atoms with van der Waals surface area (Å²) < 4.78 is 52.4. The van der Waals surface area contributed by atoms with Gasteiger partial charge in [-0.2, -0.15) is 18.3 Å². The Kier molecular flexibility index (Phi) is 6.07. The van der Waals surface area contributed by atoms with Crippen LogP contribution in [0.5, 0.6) is 0 Å². The molecule has 0 aliphatic heterocycles. The van der Waals surface area contributed by atoms with Crippen LogP contribution in [0.15, 0.2) is 34.9 Å². The summed E-state index contributed by atoms with van der Waals surface area (Å²) in [5.74, 6) is -0.722. The minimum absolute atomic E-state index is 0.0451. The van der Waals surface area contributed by atoms with Crippen molar-refractivity contribution in [2.24, 2.45) is 5.92 Å². The largest absolute Gasteiger partial charge is 0.463 e. The number of hydrogen-bond donors (Lipinski definition) is 1. The van der Waals surface area contributed by atoms with Gasteiger partial charge in [0.2, 0.25) is 0 Å². The monoisotopic (exact) mass is 518 g/mol. The molecule has 5 rings (SSSR count). The molecule has 0 spiro atoms. The van der Waals surface area contributed by atoms with Gasteiger partial charge < -0.3 is 14.5 Å². The second-order valence-corrected chi connectivity index (χ2v) is 9.64. The Morgan fingerprint density at radius 1 is 1.33 bits per heavy atom. The molecular weight excluding hydrogens is 497 g/mol. The average molecular weight is 519 g/mol. The zero-order valence-electron chi connectivity index (χ0n) is 19.3. The highest BCUT2D eigenvalue weighted by molar-refractivity contribution is 7.17. The molecular formula is C24H21F3N4O4S. The number of anilines is 1. The van der Waals surface area contributed by atoms with Crippen molar-refractivity contribution >= 4 is 33.9 Å². The average Bonchev–Trinajstić information content (AvgIpc) is 3.55. The standard InChI is InChI=1S/C24H21F3N4O4S/c1-3-34-23(33)20-13-7-6-12(2)9-17(13)36-22(20)29-21(32)15-11-19-28-14(16-5-4-8-35-16)10-18(24(25,26)27)31(19)30-15/h4-5,8,10-12H,3,6-7,9H2,1-2H3,(H,29,32)/t12-/m0/s1. The summed E-state index contributed by atoms with van der Waals surface area (Å²) in [5.41, 5.74) is -0.450. The van der Waals surface area contributed by atoms with Gasteiger partial charge in [0.15, 0.2) is 22.8 Å². The van der Waals surface area contributed by atoms with Crippen LogP contribution < -0.4 is 5.32 Å². The van der Waals surface area contributed by atoms with Crippen LogP contribution in [-0.2, 0) is 23.8 Å². The maximum Gasteiger partial charge on any atom is 0.433 e. The van der Waals surface area contributed by atoms with Crippen LogP contribution >= 0.6 is 11.3 Å². The first-order valence-corrected chi connectivity index (χ1v) is 12.1. The number of nitrogens with one attached hydrogen (secondary N) is 1. The molecule has 1 aliphatic rings. The summed E-state index contributed by atoms with van der Waals surface area (Å²) in [5, 5.41) is 6.86. The van der Waals surface area contributed by atoms with Gasteiger partial charge in [-0.3, -0.25) is 4.79 Å². The summed E-state index contributed by atoms with van der Waals surface area (Å²) >= 11 is 1.28. The summed E-state index contributed by atoms with van der Waals surface area (Å²) in [7, 11) is 0. The van der Waals surface area contributed by atoms with Crippen molar-refractivity contribution in [2.45, 2.75) is 39.3 Å². The summed E-state index contributed by atoms with van der Waals surface area (Å²) in [6, 6.07) is 5.00. The van der Waals surface area contributed by atoms with Crippen LogP contribution in [-0.4, -0.2) is 33.1 Å². The molecule has 0 saturated heterocycles. The number of ether oxygens (including phenoxy) is 1. The highest BCUT2D eigenvalue weighted by atomic mass is 32.1. The lowest BCUT2D eigenvalue weighted by molar-refractivity contribution is -0.142. The maximum absolute atomic E-state index is 13.8. The molecule has 0 bridgehead atoms. The van der Waals surface area contributed by atoms with Crippen LogP contribution in [0.3, 0.4) is 0 Å². The van der Waals surface area contributed by atoms with Crippen molar-refractivity contribution in [1.82, 2.24) is 14.6 Å². The fourth-order valence-corrected chi connectivity index (χ4v) is 5.66. The molecule has 4 aromatic rings. The van der Waals surface area contributed by atoms with Gasteiger partial charge in [-0.05, 0) is 55.9 Å². The van der Waals surface area contributed by atoms with E-state index in [1.54, 1.807) is 6.92 Å². The number of aromatic nitrogens is 3. The molecule has 0 aromatic carbocycles. The highest BCUT2D eigenvalue weighted by Crippen LogP contribution is 2.40. The normalized spacial score (nSPS) is 15.6. The molecule has 0 fully saturated rings. The van der Waals surface area contributed by atoms with E-state index in [4.69, 9.17) is 9.15 Å². The van der Waals surface area contributed by atoms with Crippen LogP contribution in [0, 0.1) is 5.92 Å². The van der Waals surface area contributed by atoms with E-state index >= 15 is 0 Å². The molecule has 36 heavy (non-hydrogen) atoms. The Morgan fingerprint density at radius 3 is 2.83 bits per heavy atom. The lowest BCUT2D eigenvalue weighted by atomic mass is 9.88. The Labute approximate surface area is 207 Å². The SMILES string of the molecule is CCOC(=O)c1c(NC(=O)c2cc3nc(-c4ccco4)cc(C(F)(F)F)n3n2)sc2c1CC[C@H](C)C2. The smallest absolute Gasteiger partial charge is 0.433 e. The van der Waals surface area contributed by atoms with Gasteiger partial charge in [0.25, 0.3) is 5.91 Å². The quantitative estimate of drug-likeness (QED) is 0.344. The van der Waals surface area contributed by atoms with E-state index in [-0.39, 0.29) is 29.4 Å². The minimum Gasteiger partial charge on any atom is -0.463 e. The van der Waals surface area contributed by atoms with E-state index < -0.39 is 23.7 Å². The predicted octanol–water partition coefficient (Wildman–Crippen LogP) is 5.62. The zero-order valence-corrected chi connectivity index (χ0v) is 20.1. The van der Waals surface area contributed by atoms with Gasteiger partial charge >= 0.3 is 12.1 Å². The Balaban J connectivity index is 1.54. The third-order valence-electron chi connectivity index (χ3n) is 5.94. The fourth-order valence-electron chi connectivity index (χ4n) is 4.26. The number of carbonyl (C=O) groups is 2. The van der Waals surface area contributed by atoms with Crippen molar-refractivity contribution in [3.05, 3.63) is 57.9 Å². The van der Waals surface area contributed by atoms with Crippen LogP contribution in [0.2, 0.25) is 0 Å². The van der Waals surface area contributed by atoms with Gasteiger partial charge in [0, 0.05) is 10.9 Å². The number of rotatable bonds is 5. The highest BCUT2D eigenvalue weighted by Gasteiger charge is 2.36. The summed E-state index contributed by atoms with van der Waals surface area (Å²) in [4.78, 5) is 31.0. The molecule has 8 nitrogen and oxygen atoms in total. The summed E-state index contributed by atoms with van der Waals surface area (Å²) in [6.07, 6.45) is -1.08. The molecule has 0 saturated carbocycles. The number of esters is 1. The first-order chi connectivity index (χ1) is 17.2. The summed E-state index contributed by atoms with van der Waals surface area (Å²) in [6.45, 7) is 3.98. The van der Waals surface area contributed by atoms with Crippen molar-refractivity contribution in [1.29, 1.82) is 0 Å². The van der Waals surface area contributed by atoms with E-state index in [1.165, 1.54) is 29.7 Å². The topological polar surface area (TPSA) is 98.7 Å². The van der Waals surface area contributed by atoms with Gasteiger partial charge in [0.1, 0.15) is 10.7 Å². The number of halogens is 3. The van der Waals surface area contributed by atoms with Crippen molar-refractivity contribution in [2.75, 3.05) is 11.9 Å². The lowest BCUT2D eigenvalue weighted by Gasteiger charge is -2.18. The van der Waals surface area contributed by atoms with Crippen LogP contribution in [0.1, 0.15) is 57.2 Å². The third-order valence-corrected chi connectivity index (χ3v) is 7.11. The molecule has 1 N–H and O–H groups in total. The van der Waals surface area contributed by atoms with Gasteiger partial charge in [-0.25, -0.2) is 14.3 Å². The number of carbonyl (C=O) groups excluding carboxylic acids is 2. The molecule has 1 atom stereocenters. The van der Waals surface area contributed by atoms with Crippen molar-refractivity contribution in [3.63, 3.8) is 0 Å². The first-order valence-electron chi connectivity index (χ1n) is 11.3. The van der Waals surface area contributed by atoms with E-state index in [2.05, 4.69) is 22.3 Å². The molecule has 1 amide bonds. The molecule has 0 unspecified atom stereocenters. The van der Waals surface area contributed by atoms with Crippen LogP contribution in [0.25, 0.3) is 17.1 Å². The number of hydrogen-bond acceptors (Lipinski definition) is 7.